The Morgan fingerprint density at radius 3 is 2.73 bits per heavy atom. The second-order valence-corrected chi connectivity index (χ2v) is 4.88. The first-order chi connectivity index (χ1) is 7.15. The van der Waals surface area contributed by atoms with Gasteiger partial charge in [-0.1, -0.05) is 13.8 Å². The topological polar surface area (TPSA) is 46.3 Å². The summed E-state index contributed by atoms with van der Waals surface area (Å²) in [6.45, 7) is 7.12. The molecule has 1 rings (SSSR count). The van der Waals surface area contributed by atoms with Crippen molar-refractivity contribution in [2.24, 2.45) is 17.6 Å². The molecule has 1 aliphatic rings. The zero-order valence-electron chi connectivity index (χ0n) is 10.0. The fourth-order valence-electron chi connectivity index (χ4n) is 2.14. The summed E-state index contributed by atoms with van der Waals surface area (Å²) < 4.78 is 0. The Morgan fingerprint density at radius 1 is 1.47 bits per heavy atom. The molecule has 0 aromatic carbocycles. The maximum absolute atomic E-state index is 11.8. The predicted octanol–water partition coefficient (Wildman–Crippen LogP) is 1.62. The standard InChI is InChI=1S/C12H24N2O/c1-10(2)11-6-8-14(9-11)12(15)5-3-4-7-13/h10-11H,3-9,13H2,1-2H3. The van der Waals surface area contributed by atoms with Crippen molar-refractivity contribution in [2.45, 2.75) is 39.5 Å². The first-order valence-electron chi connectivity index (χ1n) is 6.13. The van der Waals surface area contributed by atoms with Gasteiger partial charge in [-0.2, -0.15) is 0 Å². The van der Waals surface area contributed by atoms with Crippen molar-refractivity contribution in [1.82, 2.24) is 4.90 Å². The molecule has 1 unspecified atom stereocenters. The lowest BCUT2D eigenvalue weighted by Crippen LogP contribution is -2.29. The zero-order chi connectivity index (χ0) is 11.3. The van der Waals surface area contributed by atoms with Gasteiger partial charge in [0.25, 0.3) is 0 Å². The number of rotatable bonds is 5. The van der Waals surface area contributed by atoms with Crippen LogP contribution < -0.4 is 5.73 Å². The highest BCUT2D eigenvalue weighted by Gasteiger charge is 2.27. The van der Waals surface area contributed by atoms with E-state index in [0.29, 0.717) is 30.7 Å². The Kier molecular flexibility index (Phi) is 5.09. The zero-order valence-corrected chi connectivity index (χ0v) is 10.0. The van der Waals surface area contributed by atoms with Gasteiger partial charge in [-0.05, 0) is 37.6 Å². The molecule has 1 saturated heterocycles. The first-order valence-corrected chi connectivity index (χ1v) is 6.13. The lowest BCUT2D eigenvalue weighted by molar-refractivity contribution is -0.130. The molecule has 1 amide bonds. The van der Waals surface area contributed by atoms with Gasteiger partial charge in [0.2, 0.25) is 5.91 Å². The highest BCUT2D eigenvalue weighted by Crippen LogP contribution is 2.24. The third-order valence-corrected chi connectivity index (χ3v) is 3.36. The summed E-state index contributed by atoms with van der Waals surface area (Å²) in [7, 11) is 0. The molecule has 1 fully saturated rings. The number of hydrogen-bond donors (Lipinski definition) is 1. The number of carbonyl (C=O) groups is 1. The van der Waals surface area contributed by atoms with Gasteiger partial charge >= 0.3 is 0 Å². The maximum atomic E-state index is 11.8. The van der Waals surface area contributed by atoms with E-state index < -0.39 is 0 Å². The lowest BCUT2D eigenvalue weighted by atomic mass is 9.95. The number of nitrogens with two attached hydrogens (primary N) is 1. The molecule has 0 saturated carbocycles. The van der Waals surface area contributed by atoms with Gasteiger partial charge < -0.3 is 10.6 Å². The average Bonchev–Trinajstić information content (AvgIpc) is 2.66. The summed E-state index contributed by atoms with van der Waals surface area (Å²) in [4.78, 5) is 13.8. The molecular formula is C12H24N2O. The molecule has 0 bridgehead atoms. The lowest BCUT2D eigenvalue weighted by Gasteiger charge is -2.18. The largest absolute Gasteiger partial charge is 0.342 e. The van der Waals surface area contributed by atoms with Crippen molar-refractivity contribution in [3.63, 3.8) is 0 Å². The van der Waals surface area contributed by atoms with Gasteiger partial charge in [-0.25, -0.2) is 0 Å². The second kappa shape index (κ2) is 6.11. The molecule has 0 spiro atoms. The number of amides is 1. The molecule has 0 aromatic heterocycles. The molecule has 0 aliphatic carbocycles. The van der Waals surface area contributed by atoms with Crippen LogP contribution in [0.15, 0.2) is 0 Å². The van der Waals surface area contributed by atoms with Crippen LogP contribution in [0.5, 0.6) is 0 Å². The van der Waals surface area contributed by atoms with Crippen molar-refractivity contribution in [1.29, 1.82) is 0 Å². The van der Waals surface area contributed by atoms with Crippen LogP contribution in [0.4, 0.5) is 0 Å². The summed E-state index contributed by atoms with van der Waals surface area (Å²) >= 11 is 0. The van der Waals surface area contributed by atoms with Crippen molar-refractivity contribution in [3.05, 3.63) is 0 Å². The summed E-state index contributed by atoms with van der Waals surface area (Å²) in [6.07, 6.45) is 3.77. The number of likely N-dealkylation sites (tertiary alicyclic amines) is 1. The van der Waals surface area contributed by atoms with Gasteiger partial charge in [-0.15, -0.1) is 0 Å². The third kappa shape index (κ3) is 3.82. The minimum Gasteiger partial charge on any atom is -0.342 e. The monoisotopic (exact) mass is 212 g/mol. The highest BCUT2D eigenvalue weighted by atomic mass is 16.2. The van der Waals surface area contributed by atoms with E-state index in [2.05, 4.69) is 13.8 Å². The van der Waals surface area contributed by atoms with Crippen LogP contribution in [0.1, 0.15) is 39.5 Å². The SMILES string of the molecule is CC(C)C1CCN(C(=O)CCCCN)C1. The first kappa shape index (κ1) is 12.5. The predicted molar refractivity (Wildman–Crippen MR) is 62.4 cm³/mol. The molecule has 3 heteroatoms. The Bertz CT molecular complexity index is 204. The van der Waals surface area contributed by atoms with E-state index in [1.165, 1.54) is 6.42 Å². The van der Waals surface area contributed by atoms with Crippen LogP contribution in [-0.4, -0.2) is 30.4 Å². The van der Waals surface area contributed by atoms with Crippen LogP contribution in [0, 0.1) is 11.8 Å². The van der Waals surface area contributed by atoms with E-state index in [-0.39, 0.29) is 0 Å². The van der Waals surface area contributed by atoms with E-state index in [1.807, 2.05) is 4.90 Å². The van der Waals surface area contributed by atoms with Gasteiger partial charge in [-0.3, -0.25) is 4.79 Å². The van der Waals surface area contributed by atoms with Crippen LogP contribution in [-0.2, 0) is 4.79 Å². The Labute approximate surface area is 93.0 Å². The molecule has 1 atom stereocenters. The van der Waals surface area contributed by atoms with Crippen molar-refractivity contribution in [2.75, 3.05) is 19.6 Å². The minimum atomic E-state index is 0.326. The summed E-state index contributed by atoms with van der Waals surface area (Å²) in [5.41, 5.74) is 5.41. The average molecular weight is 212 g/mol. The van der Waals surface area contributed by atoms with E-state index in [9.17, 15) is 4.79 Å². The Balaban J connectivity index is 2.24. The molecule has 0 radical (unpaired) electrons. The molecule has 2 N–H and O–H groups in total. The summed E-state index contributed by atoms with van der Waals surface area (Å²) in [5, 5.41) is 0. The quantitative estimate of drug-likeness (QED) is 0.704. The minimum absolute atomic E-state index is 0.326. The molecule has 0 aromatic rings. The molecular weight excluding hydrogens is 188 g/mol. The van der Waals surface area contributed by atoms with Crippen LogP contribution in [0.3, 0.4) is 0 Å². The molecule has 88 valence electrons. The fraction of sp³-hybridized carbons (Fsp3) is 0.917. The fourth-order valence-corrected chi connectivity index (χ4v) is 2.14. The van der Waals surface area contributed by atoms with E-state index in [4.69, 9.17) is 5.73 Å². The molecule has 1 aliphatic heterocycles. The van der Waals surface area contributed by atoms with Crippen LogP contribution in [0.25, 0.3) is 0 Å². The van der Waals surface area contributed by atoms with Gasteiger partial charge in [0.05, 0.1) is 0 Å². The Hall–Kier alpha value is -0.570. The maximum Gasteiger partial charge on any atom is 0.222 e. The van der Waals surface area contributed by atoms with E-state index in [0.717, 1.165) is 25.9 Å². The van der Waals surface area contributed by atoms with Crippen LogP contribution in [0.2, 0.25) is 0 Å². The van der Waals surface area contributed by atoms with Gasteiger partial charge in [0.1, 0.15) is 0 Å². The van der Waals surface area contributed by atoms with E-state index in [1.54, 1.807) is 0 Å². The van der Waals surface area contributed by atoms with Crippen LogP contribution >= 0.6 is 0 Å². The Morgan fingerprint density at radius 2 is 2.20 bits per heavy atom. The number of unbranched alkanes of at least 4 members (excludes halogenated alkanes) is 1. The number of nitrogens with zero attached hydrogens (tertiary/aromatic N) is 1. The molecule has 15 heavy (non-hydrogen) atoms. The molecule has 1 heterocycles. The van der Waals surface area contributed by atoms with Crippen molar-refractivity contribution < 1.29 is 4.79 Å². The molecule has 3 nitrogen and oxygen atoms in total. The summed E-state index contributed by atoms with van der Waals surface area (Å²) in [6, 6.07) is 0. The van der Waals surface area contributed by atoms with Crippen molar-refractivity contribution in [3.8, 4) is 0 Å². The van der Waals surface area contributed by atoms with Gasteiger partial charge in [0.15, 0.2) is 0 Å². The van der Waals surface area contributed by atoms with E-state index >= 15 is 0 Å². The highest BCUT2D eigenvalue weighted by molar-refractivity contribution is 5.76. The smallest absolute Gasteiger partial charge is 0.222 e. The number of hydrogen-bond acceptors (Lipinski definition) is 2. The summed E-state index contributed by atoms with van der Waals surface area (Å²) in [5.74, 6) is 1.74. The normalized spacial score (nSPS) is 21.3. The van der Waals surface area contributed by atoms with Gasteiger partial charge in [0, 0.05) is 19.5 Å². The van der Waals surface area contributed by atoms with Crippen molar-refractivity contribution >= 4 is 5.91 Å². The third-order valence-electron chi connectivity index (χ3n) is 3.36. The second-order valence-electron chi connectivity index (χ2n) is 4.88. The number of carbonyl (C=O) groups excluding carboxylic acids is 1.